The van der Waals surface area contributed by atoms with E-state index in [0.29, 0.717) is 5.56 Å². The molecule has 77 valence electrons. The number of carbonyl (C=O) groups is 1. The third-order valence-corrected chi connectivity index (χ3v) is 2.16. The summed E-state index contributed by atoms with van der Waals surface area (Å²) in [4.78, 5) is 10.7. The number of rotatable bonds is 1. The molecule has 0 aliphatic heterocycles. The first-order valence-electron chi connectivity index (χ1n) is 4.61. The maximum absolute atomic E-state index is 10.7. The van der Waals surface area contributed by atoms with Crippen LogP contribution in [0.5, 0.6) is 0 Å². The van der Waals surface area contributed by atoms with E-state index < -0.39 is 5.97 Å². The number of nitrogens with zero attached hydrogens (tertiary/aromatic N) is 1. The second kappa shape index (κ2) is 3.74. The zero-order valence-corrected chi connectivity index (χ0v) is 9.00. The van der Waals surface area contributed by atoms with Gasteiger partial charge in [0.15, 0.2) is 0 Å². The Labute approximate surface area is 89.0 Å². The van der Waals surface area contributed by atoms with Gasteiger partial charge in [-0.3, -0.25) is 0 Å². The molecule has 15 heavy (non-hydrogen) atoms. The smallest absolute Gasteiger partial charge is 0.242 e. The van der Waals surface area contributed by atoms with Crippen LogP contribution in [-0.4, -0.2) is 5.97 Å². The van der Waals surface area contributed by atoms with E-state index >= 15 is 0 Å². The summed E-state index contributed by atoms with van der Waals surface area (Å²) in [5.41, 5.74) is 1.04. The Morgan fingerprint density at radius 1 is 1.27 bits per heavy atom. The molecule has 3 heteroatoms. The molecule has 1 rings (SSSR count). The normalized spacial score (nSPS) is 10.8. The van der Waals surface area contributed by atoms with E-state index in [-0.39, 0.29) is 11.0 Å². The van der Waals surface area contributed by atoms with Crippen LogP contribution < -0.4 is 0 Å². The van der Waals surface area contributed by atoms with Crippen molar-refractivity contribution in [2.75, 3.05) is 0 Å². The Kier molecular flexibility index (Phi) is 2.81. The molecule has 0 heterocycles. The summed E-state index contributed by atoms with van der Waals surface area (Å²) in [5.74, 6) is -1.25. The van der Waals surface area contributed by atoms with Gasteiger partial charge in [-0.05, 0) is 29.2 Å². The minimum atomic E-state index is -1.25. The number of hydrogen-bond donors (Lipinski definition) is 0. The molecule has 0 aliphatic carbocycles. The minimum absolute atomic E-state index is 0.0546. The van der Waals surface area contributed by atoms with Crippen LogP contribution in [0, 0.1) is 11.3 Å². The van der Waals surface area contributed by atoms with Crippen LogP contribution in [0.25, 0.3) is 0 Å². The molecule has 0 N–H and O–H groups in total. The predicted octanol–water partition coefficient (Wildman–Crippen LogP) is 2.43. The molecular formula is C12H12NO2. The van der Waals surface area contributed by atoms with Gasteiger partial charge >= 0.3 is 5.97 Å². The van der Waals surface area contributed by atoms with Gasteiger partial charge in [-0.2, -0.15) is 5.26 Å². The Morgan fingerprint density at radius 3 is 2.27 bits per heavy atom. The van der Waals surface area contributed by atoms with Crippen LogP contribution >= 0.6 is 0 Å². The van der Waals surface area contributed by atoms with E-state index in [1.165, 1.54) is 6.07 Å². The zero-order chi connectivity index (χ0) is 11.6. The fourth-order valence-corrected chi connectivity index (χ4v) is 1.24. The van der Waals surface area contributed by atoms with Crippen LogP contribution in [0.3, 0.4) is 0 Å². The van der Waals surface area contributed by atoms with Gasteiger partial charge in [-0.25, -0.2) is 9.90 Å². The van der Waals surface area contributed by atoms with Crippen molar-refractivity contribution in [2.45, 2.75) is 26.2 Å². The summed E-state index contributed by atoms with van der Waals surface area (Å²) in [6, 6.07) is 6.52. The molecule has 0 fully saturated rings. The average molecular weight is 202 g/mol. The third-order valence-electron chi connectivity index (χ3n) is 2.16. The van der Waals surface area contributed by atoms with E-state index in [9.17, 15) is 9.90 Å². The van der Waals surface area contributed by atoms with Crippen molar-refractivity contribution in [2.24, 2.45) is 0 Å². The van der Waals surface area contributed by atoms with Gasteiger partial charge < -0.3 is 0 Å². The van der Waals surface area contributed by atoms with E-state index in [2.05, 4.69) is 0 Å². The summed E-state index contributed by atoms with van der Waals surface area (Å²) < 4.78 is 0. The quantitative estimate of drug-likeness (QED) is 0.702. The highest BCUT2D eigenvalue weighted by atomic mass is 16.4. The van der Waals surface area contributed by atoms with Crippen molar-refractivity contribution >= 4 is 5.97 Å². The Morgan fingerprint density at radius 2 is 1.87 bits per heavy atom. The second-order valence-electron chi connectivity index (χ2n) is 4.45. The van der Waals surface area contributed by atoms with E-state index in [4.69, 9.17) is 5.26 Å². The third kappa shape index (κ3) is 2.57. The molecule has 0 atom stereocenters. The predicted molar refractivity (Wildman–Crippen MR) is 54.9 cm³/mol. The lowest BCUT2D eigenvalue weighted by Crippen LogP contribution is -2.12. The maximum Gasteiger partial charge on any atom is 0.386 e. The average Bonchev–Trinajstić information content (AvgIpc) is 2.15. The van der Waals surface area contributed by atoms with Crippen LogP contribution in [0.2, 0.25) is 0 Å². The monoisotopic (exact) mass is 202 g/mol. The second-order valence-corrected chi connectivity index (χ2v) is 4.45. The fourth-order valence-electron chi connectivity index (χ4n) is 1.24. The van der Waals surface area contributed by atoms with Crippen LogP contribution in [0.1, 0.15) is 42.3 Å². The van der Waals surface area contributed by atoms with Gasteiger partial charge in [-0.15, -0.1) is 0 Å². The van der Waals surface area contributed by atoms with Gasteiger partial charge in [0.25, 0.3) is 0 Å². The van der Waals surface area contributed by atoms with Gasteiger partial charge in [0.05, 0.1) is 17.2 Å². The summed E-state index contributed by atoms with van der Waals surface area (Å²) >= 11 is 0. The number of nitriles is 1. The summed E-state index contributed by atoms with van der Waals surface area (Å²) in [6.07, 6.45) is 0. The zero-order valence-electron chi connectivity index (χ0n) is 9.00. The van der Waals surface area contributed by atoms with Gasteiger partial charge in [0.1, 0.15) is 0 Å². The van der Waals surface area contributed by atoms with Gasteiger partial charge in [-0.1, -0.05) is 20.8 Å². The van der Waals surface area contributed by atoms with Crippen molar-refractivity contribution in [1.82, 2.24) is 0 Å². The first-order chi connectivity index (χ1) is 6.84. The number of hydrogen-bond acceptors (Lipinski definition) is 2. The fraction of sp³-hybridized carbons (Fsp3) is 0.333. The lowest BCUT2D eigenvalue weighted by atomic mass is 9.85. The topological polar surface area (TPSA) is 60.8 Å². The first kappa shape index (κ1) is 11.3. The van der Waals surface area contributed by atoms with Crippen molar-refractivity contribution in [3.63, 3.8) is 0 Å². The molecule has 0 saturated heterocycles. The number of carbonyl (C=O) groups excluding carboxylic acids is 1. The summed E-state index contributed by atoms with van der Waals surface area (Å²) in [6.45, 7) is 5.88. The molecule has 0 saturated carbocycles. The molecule has 1 radical (unpaired) electrons. The Bertz CT molecular complexity index is 436. The molecule has 0 spiro atoms. The SMILES string of the molecule is CC(C)(C)c1cc(C#N)cc(C([O])=O)c1. The maximum atomic E-state index is 10.7. The minimum Gasteiger partial charge on any atom is -0.242 e. The van der Waals surface area contributed by atoms with E-state index in [1.807, 2.05) is 26.8 Å². The van der Waals surface area contributed by atoms with E-state index in [0.717, 1.165) is 5.56 Å². The lowest BCUT2D eigenvalue weighted by Gasteiger charge is -2.19. The first-order valence-corrected chi connectivity index (χ1v) is 4.61. The number of benzene rings is 1. The van der Waals surface area contributed by atoms with Crippen molar-refractivity contribution < 1.29 is 9.90 Å². The summed E-state index contributed by atoms with van der Waals surface area (Å²) in [7, 11) is 0. The van der Waals surface area contributed by atoms with Crippen LogP contribution in [0.15, 0.2) is 18.2 Å². The standard InChI is InChI=1S/C12H12NO2/c1-12(2,3)10-5-8(7-13)4-9(6-10)11(14)15/h4-6H,1-3H3. The molecule has 0 bridgehead atoms. The molecule has 1 aromatic carbocycles. The Balaban J connectivity index is 3.38. The van der Waals surface area contributed by atoms with Crippen LogP contribution in [-0.2, 0) is 10.5 Å². The molecule has 1 aromatic rings. The van der Waals surface area contributed by atoms with Crippen molar-refractivity contribution in [1.29, 1.82) is 5.26 Å². The molecular weight excluding hydrogens is 190 g/mol. The van der Waals surface area contributed by atoms with Crippen molar-refractivity contribution in [3.8, 4) is 6.07 Å². The largest absolute Gasteiger partial charge is 0.386 e. The highest BCUT2D eigenvalue weighted by Gasteiger charge is 2.17. The highest BCUT2D eigenvalue weighted by molar-refractivity contribution is 5.88. The van der Waals surface area contributed by atoms with Crippen LogP contribution in [0.4, 0.5) is 0 Å². The van der Waals surface area contributed by atoms with Crippen molar-refractivity contribution in [3.05, 3.63) is 34.9 Å². The molecule has 0 unspecified atom stereocenters. The van der Waals surface area contributed by atoms with Gasteiger partial charge in [0, 0.05) is 0 Å². The molecule has 0 aromatic heterocycles. The van der Waals surface area contributed by atoms with E-state index in [1.54, 1.807) is 12.1 Å². The van der Waals surface area contributed by atoms with Gasteiger partial charge in [0.2, 0.25) is 0 Å². The lowest BCUT2D eigenvalue weighted by molar-refractivity contribution is 0.0573. The Hall–Kier alpha value is -1.82. The molecule has 3 nitrogen and oxygen atoms in total. The summed E-state index contributed by atoms with van der Waals surface area (Å²) in [5, 5.41) is 19.5. The molecule has 0 amide bonds. The molecule has 0 aliphatic rings. The highest BCUT2D eigenvalue weighted by Crippen LogP contribution is 2.24.